The van der Waals surface area contributed by atoms with Gasteiger partial charge in [-0.25, -0.2) is 9.18 Å². The summed E-state index contributed by atoms with van der Waals surface area (Å²) in [6.45, 7) is 1.92. The van der Waals surface area contributed by atoms with Crippen LogP contribution < -0.4 is 5.32 Å². The monoisotopic (exact) mass is 401 g/mol. The highest BCUT2D eigenvalue weighted by Crippen LogP contribution is 2.31. The summed E-state index contributed by atoms with van der Waals surface area (Å²) in [6.07, 6.45) is 0.925. The molecule has 0 unspecified atom stereocenters. The van der Waals surface area contributed by atoms with Crippen molar-refractivity contribution in [2.45, 2.75) is 24.7 Å². The maximum atomic E-state index is 12.9. The van der Waals surface area contributed by atoms with Crippen molar-refractivity contribution in [3.63, 3.8) is 0 Å². The Morgan fingerprint density at radius 1 is 1.14 bits per heavy atom. The van der Waals surface area contributed by atoms with E-state index < -0.39 is 5.97 Å². The number of anilines is 1. The van der Waals surface area contributed by atoms with E-state index in [2.05, 4.69) is 5.32 Å². The third kappa shape index (κ3) is 4.92. The molecule has 146 valence electrons. The van der Waals surface area contributed by atoms with Gasteiger partial charge in [0.15, 0.2) is 0 Å². The fraction of sp³-hybridized carbons (Fsp3) is 0.238. The molecule has 0 atom stereocenters. The molecule has 28 heavy (non-hydrogen) atoms. The second-order valence-corrected chi connectivity index (χ2v) is 7.15. The molecule has 0 fully saturated rings. The van der Waals surface area contributed by atoms with Crippen LogP contribution in [0.15, 0.2) is 57.8 Å². The second-order valence-electron chi connectivity index (χ2n) is 5.98. The van der Waals surface area contributed by atoms with Crippen LogP contribution in [0.4, 0.5) is 10.1 Å². The van der Waals surface area contributed by atoms with Gasteiger partial charge < -0.3 is 14.5 Å². The lowest BCUT2D eigenvalue weighted by Crippen LogP contribution is -2.14. The van der Waals surface area contributed by atoms with Gasteiger partial charge in [-0.15, -0.1) is 11.8 Å². The number of furan rings is 1. The van der Waals surface area contributed by atoms with Gasteiger partial charge in [0.25, 0.3) is 0 Å². The molecule has 3 rings (SSSR count). The number of carbonyl (C=O) groups is 2. The molecule has 1 aromatic heterocycles. The summed E-state index contributed by atoms with van der Waals surface area (Å²) < 4.78 is 23.5. The van der Waals surface area contributed by atoms with E-state index in [4.69, 9.17) is 9.15 Å². The zero-order valence-corrected chi connectivity index (χ0v) is 16.2. The van der Waals surface area contributed by atoms with Crippen LogP contribution in [-0.2, 0) is 9.53 Å². The summed E-state index contributed by atoms with van der Waals surface area (Å²) in [4.78, 5) is 25.5. The van der Waals surface area contributed by atoms with Crippen LogP contribution in [0.2, 0.25) is 0 Å². The first-order valence-electron chi connectivity index (χ1n) is 8.95. The molecule has 0 saturated heterocycles. The first-order chi connectivity index (χ1) is 13.6. The smallest absolute Gasteiger partial charge is 0.376 e. The minimum Gasteiger partial charge on any atom is -0.460 e. The Hall–Kier alpha value is -2.80. The topological polar surface area (TPSA) is 68.5 Å². The molecule has 0 aliphatic rings. The third-order valence-corrected chi connectivity index (χ3v) is 5.05. The maximum Gasteiger partial charge on any atom is 0.376 e. The number of carbonyl (C=O) groups excluding carboxylic acids is 2. The molecule has 0 radical (unpaired) electrons. The van der Waals surface area contributed by atoms with Crippen molar-refractivity contribution in [3.8, 4) is 0 Å². The van der Waals surface area contributed by atoms with Crippen molar-refractivity contribution in [2.75, 3.05) is 17.7 Å². The van der Waals surface area contributed by atoms with Crippen LogP contribution in [-0.4, -0.2) is 24.2 Å². The average Bonchev–Trinajstić information content (AvgIpc) is 3.05. The summed E-state index contributed by atoms with van der Waals surface area (Å²) >= 11 is 1.56. The van der Waals surface area contributed by atoms with Gasteiger partial charge in [-0.3, -0.25) is 4.79 Å². The Balaban J connectivity index is 1.61. The molecule has 1 heterocycles. The lowest BCUT2D eigenvalue weighted by atomic mass is 10.2. The number of para-hydroxylation sites is 1. The minimum atomic E-state index is -0.610. The molecule has 2 aromatic carbocycles. The molecular formula is C21H20FNO4S. The number of ether oxygens (including phenoxy) is 1. The fourth-order valence-corrected chi connectivity index (χ4v) is 3.52. The van der Waals surface area contributed by atoms with Gasteiger partial charge in [-0.05, 0) is 55.5 Å². The number of thioether (sulfide) groups is 1. The van der Waals surface area contributed by atoms with Crippen LogP contribution in [0.5, 0.6) is 0 Å². The number of hydrogen-bond acceptors (Lipinski definition) is 5. The van der Waals surface area contributed by atoms with Gasteiger partial charge in [-0.2, -0.15) is 0 Å². The van der Waals surface area contributed by atoms with Gasteiger partial charge >= 0.3 is 5.97 Å². The van der Waals surface area contributed by atoms with E-state index in [-0.39, 0.29) is 30.5 Å². The summed E-state index contributed by atoms with van der Waals surface area (Å²) in [6, 6.07) is 13.4. The molecule has 1 N–H and O–H groups in total. The van der Waals surface area contributed by atoms with Crippen LogP contribution in [0.1, 0.15) is 30.3 Å². The summed E-state index contributed by atoms with van der Waals surface area (Å²) in [7, 11) is 0. The maximum absolute atomic E-state index is 12.9. The number of nitrogens with one attached hydrogen (secondary N) is 1. The summed E-state index contributed by atoms with van der Waals surface area (Å²) in [5, 5.41) is 3.44. The second kappa shape index (κ2) is 9.41. The van der Waals surface area contributed by atoms with Crippen LogP contribution in [0, 0.1) is 5.82 Å². The number of esters is 1. The molecule has 1 amide bonds. The van der Waals surface area contributed by atoms with Crippen molar-refractivity contribution in [1.29, 1.82) is 0 Å². The van der Waals surface area contributed by atoms with Crippen molar-refractivity contribution in [2.24, 2.45) is 0 Å². The average molecular weight is 401 g/mol. The predicted molar refractivity (Wildman–Crippen MR) is 107 cm³/mol. The largest absolute Gasteiger partial charge is 0.460 e. The number of hydrogen-bond donors (Lipinski definition) is 1. The molecule has 0 aliphatic heterocycles. The normalized spacial score (nSPS) is 10.8. The Bertz CT molecular complexity index is 968. The first kappa shape index (κ1) is 19.9. The molecular weight excluding hydrogens is 381 g/mol. The Morgan fingerprint density at radius 2 is 1.89 bits per heavy atom. The Labute approximate surface area is 166 Å². The van der Waals surface area contributed by atoms with E-state index in [9.17, 15) is 14.0 Å². The van der Waals surface area contributed by atoms with Crippen LogP contribution >= 0.6 is 11.8 Å². The van der Waals surface area contributed by atoms with Gasteiger partial charge in [0.1, 0.15) is 17.1 Å². The third-order valence-electron chi connectivity index (χ3n) is 3.95. The highest BCUT2D eigenvalue weighted by molar-refractivity contribution is 7.99. The molecule has 0 aliphatic carbocycles. The Morgan fingerprint density at radius 3 is 2.64 bits per heavy atom. The zero-order valence-electron chi connectivity index (χ0n) is 15.4. The van der Waals surface area contributed by atoms with E-state index in [0.29, 0.717) is 23.1 Å². The van der Waals surface area contributed by atoms with Crippen molar-refractivity contribution < 1.29 is 23.1 Å². The first-order valence-corrected chi connectivity index (χ1v) is 9.94. The lowest BCUT2D eigenvalue weighted by Gasteiger charge is -2.06. The van der Waals surface area contributed by atoms with Crippen molar-refractivity contribution in [3.05, 3.63) is 60.1 Å². The zero-order chi connectivity index (χ0) is 19.9. The molecule has 0 bridgehead atoms. The predicted octanol–water partition coefficient (Wildman–Crippen LogP) is 5.26. The molecule has 5 nitrogen and oxygen atoms in total. The van der Waals surface area contributed by atoms with E-state index >= 15 is 0 Å². The summed E-state index contributed by atoms with van der Waals surface area (Å²) in [5.41, 5.74) is 0.845. The molecule has 3 aromatic rings. The lowest BCUT2D eigenvalue weighted by molar-refractivity contribution is -0.116. The Kier molecular flexibility index (Phi) is 6.71. The van der Waals surface area contributed by atoms with E-state index in [1.54, 1.807) is 49.0 Å². The van der Waals surface area contributed by atoms with Crippen molar-refractivity contribution in [1.82, 2.24) is 0 Å². The standard InChI is InChI=1S/C21H20FNO4S/c1-2-26-21(25)20-19(16-6-3-4-7-17(16)27-20)23-18(24)8-5-13-28-15-11-9-14(22)10-12-15/h3-4,6-7,9-12H,2,5,8,13H2,1H3,(H,23,24). The van der Waals surface area contributed by atoms with Gasteiger partial charge in [0, 0.05) is 16.7 Å². The summed E-state index contributed by atoms with van der Waals surface area (Å²) in [5.74, 6) is -0.376. The van der Waals surface area contributed by atoms with Crippen LogP contribution in [0.25, 0.3) is 11.0 Å². The number of halogens is 1. The minimum absolute atomic E-state index is 0.00270. The molecule has 7 heteroatoms. The number of benzene rings is 2. The SMILES string of the molecule is CCOC(=O)c1oc2ccccc2c1NC(=O)CCCSc1ccc(F)cc1. The molecule has 0 saturated carbocycles. The number of fused-ring (bicyclic) bond motifs is 1. The van der Waals surface area contributed by atoms with Gasteiger partial charge in [-0.1, -0.05) is 12.1 Å². The van der Waals surface area contributed by atoms with E-state index in [1.165, 1.54) is 12.1 Å². The van der Waals surface area contributed by atoms with Gasteiger partial charge in [0.05, 0.1) is 6.61 Å². The highest BCUT2D eigenvalue weighted by Gasteiger charge is 2.23. The van der Waals surface area contributed by atoms with Crippen LogP contribution in [0.3, 0.4) is 0 Å². The van der Waals surface area contributed by atoms with Gasteiger partial charge in [0.2, 0.25) is 11.7 Å². The van der Waals surface area contributed by atoms with E-state index in [0.717, 1.165) is 10.6 Å². The van der Waals surface area contributed by atoms with E-state index in [1.807, 2.05) is 6.07 Å². The quantitative estimate of drug-likeness (QED) is 0.317. The molecule has 0 spiro atoms. The number of amides is 1. The van der Waals surface area contributed by atoms with Crippen molar-refractivity contribution >= 4 is 40.3 Å². The fourth-order valence-electron chi connectivity index (χ4n) is 2.67. The number of rotatable bonds is 8. The highest BCUT2D eigenvalue weighted by atomic mass is 32.2.